The highest BCUT2D eigenvalue weighted by molar-refractivity contribution is 6.35. The third kappa shape index (κ3) is 4.05. The topological polar surface area (TPSA) is 64.0 Å². The molecular weight excluding hydrogens is 287 g/mol. The summed E-state index contributed by atoms with van der Waals surface area (Å²) in [6, 6.07) is 1.10. The highest BCUT2D eigenvalue weighted by atomic mass is 19.4. The molecule has 1 aliphatic carbocycles. The number of nitrogens with one attached hydrogen (secondary N) is 1. The predicted molar refractivity (Wildman–Crippen MR) is 67.5 cm³/mol. The molecule has 116 valence electrons. The second-order valence-electron chi connectivity index (χ2n) is 5.12. The molecule has 1 heterocycles. The second-order valence-corrected chi connectivity index (χ2v) is 5.12. The Hall–Kier alpha value is -1.86. The first-order chi connectivity index (χ1) is 9.79. The molecule has 1 amide bonds. The van der Waals surface area contributed by atoms with E-state index in [9.17, 15) is 22.8 Å². The van der Waals surface area contributed by atoms with Crippen LogP contribution >= 0.6 is 0 Å². The van der Waals surface area contributed by atoms with Crippen molar-refractivity contribution in [2.45, 2.75) is 44.8 Å². The number of alkyl halides is 3. The lowest BCUT2D eigenvalue weighted by atomic mass is 10.2. The van der Waals surface area contributed by atoms with Crippen molar-refractivity contribution in [2.24, 2.45) is 0 Å². The van der Waals surface area contributed by atoms with Gasteiger partial charge in [-0.1, -0.05) is 0 Å². The fraction of sp³-hybridized carbons (Fsp3) is 0.615. The van der Waals surface area contributed by atoms with Gasteiger partial charge in [-0.25, -0.2) is 0 Å². The number of hydrogen-bond donors (Lipinski definition) is 1. The summed E-state index contributed by atoms with van der Waals surface area (Å²) >= 11 is 0. The predicted octanol–water partition coefficient (Wildman–Crippen LogP) is 1.87. The lowest BCUT2D eigenvalue weighted by Gasteiger charge is -2.07. The maximum absolute atomic E-state index is 12.7. The van der Waals surface area contributed by atoms with Crippen molar-refractivity contribution in [3.8, 4) is 0 Å². The Balaban J connectivity index is 1.94. The van der Waals surface area contributed by atoms with E-state index in [1.807, 2.05) is 0 Å². The van der Waals surface area contributed by atoms with Crippen LogP contribution < -0.4 is 5.32 Å². The summed E-state index contributed by atoms with van der Waals surface area (Å²) in [7, 11) is 0. The Kier molecular flexibility index (Phi) is 4.34. The Morgan fingerprint density at radius 2 is 2.10 bits per heavy atom. The summed E-state index contributed by atoms with van der Waals surface area (Å²) in [6.45, 7) is 1.66. The summed E-state index contributed by atoms with van der Waals surface area (Å²) in [6.07, 6.45) is -2.27. The quantitative estimate of drug-likeness (QED) is 0.644. The van der Waals surface area contributed by atoms with E-state index in [-0.39, 0.29) is 19.0 Å². The lowest BCUT2D eigenvalue weighted by Crippen LogP contribution is -2.30. The van der Waals surface area contributed by atoms with E-state index in [4.69, 9.17) is 0 Å². The van der Waals surface area contributed by atoms with Gasteiger partial charge in [0.05, 0.1) is 0 Å². The standard InChI is InChI=1S/C13H16F3N3O2/c1-8(20)12(21)17-5-2-6-19-10(9-3-4-9)7-11(18-19)13(14,15)16/h7,9H,2-6H2,1H3,(H,17,21). The van der Waals surface area contributed by atoms with Crippen LogP contribution in [0.4, 0.5) is 13.2 Å². The van der Waals surface area contributed by atoms with Gasteiger partial charge < -0.3 is 5.32 Å². The zero-order valence-electron chi connectivity index (χ0n) is 11.5. The molecule has 21 heavy (non-hydrogen) atoms. The first-order valence-corrected chi connectivity index (χ1v) is 6.72. The van der Waals surface area contributed by atoms with Crippen molar-refractivity contribution in [2.75, 3.05) is 6.54 Å². The van der Waals surface area contributed by atoms with Gasteiger partial charge in [0.15, 0.2) is 5.69 Å². The van der Waals surface area contributed by atoms with Crippen molar-refractivity contribution < 1.29 is 22.8 Å². The molecule has 0 unspecified atom stereocenters. The fourth-order valence-corrected chi connectivity index (χ4v) is 2.01. The van der Waals surface area contributed by atoms with Crippen LogP contribution in [-0.4, -0.2) is 28.0 Å². The summed E-state index contributed by atoms with van der Waals surface area (Å²) in [5.74, 6) is -1.12. The number of rotatable bonds is 6. The molecule has 1 aliphatic rings. The minimum atomic E-state index is -4.45. The van der Waals surface area contributed by atoms with Crippen LogP contribution in [0.15, 0.2) is 6.07 Å². The molecule has 2 rings (SSSR count). The van der Waals surface area contributed by atoms with Crippen molar-refractivity contribution in [3.63, 3.8) is 0 Å². The first-order valence-electron chi connectivity index (χ1n) is 6.72. The van der Waals surface area contributed by atoms with Gasteiger partial charge in [-0.05, 0) is 25.3 Å². The number of halogens is 3. The molecule has 1 saturated carbocycles. The summed E-state index contributed by atoms with van der Waals surface area (Å²) < 4.78 is 39.4. The Labute approximate surface area is 119 Å². The van der Waals surface area contributed by atoms with Gasteiger partial charge in [0, 0.05) is 31.6 Å². The minimum absolute atomic E-state index is 0.153. The van der Waals surface area contributed by atoms with E-state index in [2.05, 4.69) is 10.4 Å². The number of aryl methyl sites for hydroxylation is 1. The van der Waals surface area contributed by atoms with E-state index in [1.165, 1.54) is 4.68 Å². The van der Waals surface area contributed by atoms with Crippen LogP contribution in [0, 0.1) is 0 Å². The number of ketones is 1. The molecule has 0 spiro atoms. The van der Waals surface area contributed by atoms with E-state index in [0.717, 1.165) is 25.8 Å². The molecule has 1 aromatic rings. The molecular formula is C13H16F3N3O2. The largest absolute Gasteiger partial charge is 0.435 e. The van der Waals surface area contributed by atoms with Crippen LogP contribution in [0.1, 0.15) is 43.5 Å². The number of nitrogens with zero attached hydrogens (tertiary/aromatic N) is 2. The summed E-state index contributed by atoms with van der Waals surface area (Å²) in [5.41, 5.74) is -0.280. The average Bonchev–Trinajstić information content (AvgIpc) is 3.13. The molecule has 1 fully saturated rings. The smallest absolute Gasteiger partial charge is 0.349 e. The van der Waals surface area contributed by atoms with Crippen molar-refractivity contribution in [1.82, 2.24) is 15.1 Å². The second kappa shape index (κ2) is 5.87. The maximum Gasteiger partial charge on any atom is 0.435 e. The van der Waals surface area contributed by atoms with Gasteiger partial charge in [0.1, 0.15) is 0 Å². The van der Waals surface area contributed by atoms with Crippen LogP contribution in [-0.2, 0) is 22.3 Å². The molecule has 0 aliphatic heterocycles. The van der Waals surface area contributed by atoms with E-state index < -0.39 is 23.6 Å². The lowest BCUT2D eigenvalue weighted by molar-refractivity contribution is -0.141. The number of Topliss-reactive ketones (excluding diaryl/α,β-unsaturated/α-hetero) is 1. The van der Waals surface area contributed by atoms with Gasteiger partial charge in [0.2, 0.25) is 5.78 Å². The van der Waals surface area contributed by atoms with Crippen molar-refractivity contribution in [3.05, 3.63) is 17.5 Å². The van der Waals surface area contributed by atoms with E-state index in [0.29, 0.717) is 12.1 Å². The van der Waals surface area contributed by atoms with Crippen LogP contribution in [0.5, 0.6) is 0 Å². The third-order valence-electron chi connectivity index (χ3n) is 3.25. The molecule has 0 radical (unpaired) electrons. The molecule has 0 bridgehead atoms. The average molecular weight is 303 g/mol. The Morgan fingerprint density at radius 3 is 2.62 bits per heavy atom. The SMILES string of the molecule is CC(=O)C(=O)NCCCn1nc(C(F)(F)F)cc1C1CC1. The number of hydrogen-bond acceptors (Lipinski definition) is 3. The molecule has 8 heteroatoms. The third-order valence-corrected chi connectivity index (χ3v) is 3.25. The first kappa shape index (κ1) is 15.5. The highest BCUT2D eigenvalue weighted by Gasteiger charge is 2.37. The highest BCUT2D eigenvalue weighted by Crippen LogP contribution is 2.42. The van der Waals surface area contributed by atoms with Crippen LogP contribution in [0.3, 0.4) is 0 Å². The van der Waals surface area contributed by atoms with Crippen LogP contribution in [0.2, 0.25) is 0 Å². The summed E-state index contributed by atoms with van der Waals surface area (Å²) in [5, 5.41) is 6.01. The van der Waals surface area contributed by atoms with Crippen molar-refractivity contribution in [1.29, 1.82) is 0 Å². The molecule has 0 aromatic carbocycles. The number of aromatic nitrogens is 2. The number of carbonyl (C=O) groups is 2. The van der Waals surface area contributed by atoms with Crippen molar-refractivity contribution >= 4 is 11.7 Å². The van der Waals surface area contributed by atoms with E-state index >= 15 is 0 Å². The van der Waals surface area contributed by atoms with E-state index in [1.54, 1.807) is 0 Å². The van der Waals surface area contributed by atoms with Gasteiger partial charge >= 0.3 is 6.18 Å². The fourth-order valence-electron chi connectivity index (χ4n) is 2.01. The zero-order valence-corrected chi connectivity index (χ0v) is 11.5. The molecule has 0 atom stereocenters. The van der Waals surface area contributed by atoms with Gasteiger partial charge in [-0.2, -0.15) is 18.3 Å². The number of carbonyl (C=O) groups excluding carboxylic acids is 2. The Bertz CT molecular complexity index is 547. The zero-order chi connectivity index (χ0) is 15.6. The molecule has 5 nitrogen and oxygen atoms in total. The molecule has 1 N–H and O–H groups in total. The van der Waals surface area contributed by atoms with Gasteiger partial charge in [0.25, 0.3) is 5.91 Å². The molecule has 0 saturated heterocycles. The normalized spacial score (nSPS) is 15.0. The monoisotopic (exact) mass is 303 g/mol. The molecule has 1 aromatic heterocycles. The minimum Gasteiger partial charge on any atom is -0.349 e. The van der Waals surface area contributed by atoms with Crippen LogP contribution in [0.25, 0.3) is 0 Å². The summed E-state index contributed by atoms with van der Waals surface area (Å²) in [4.78, 5) is 21.8. The van der Waals surface area contributed by atoms with Gasteiger partial charge in [-0.3, -0.25) is 14.3 Å². The number of amides is 1. The maximum atomic E-state index is 12.7. The Morgan fingerprint density at radius 1 is 1.43 bits per heavy atom. The van der Waals surface area contributed by atoms with Gasteiger partial charge in [-0.15, -0.1) is 0 Å².